The lowest BCUT2D eigenvalue weighted by Crippen LogP contribution is -2.16. The van der Waals surface area contributed by atoms with Gasteiger partial charge in [-0.3, -0.25) is 0 Å². The van der Waals surface area contributed by atoms with Gasteiger partial charge in [0.2, 0.25) is 0 Å². The monoisotopic (exact) mass is 307 g/mol. The molecule has 1 N–H and O–H groups in total. The fourth-order valence-corrected chi connectivity index (χ4v) is 3.57. The van der Waals surface area contributed by atoms with E-state index in [1.807, 2.05) is 25.3 Å². The molecule has 0 saturated heterocycles. The SMILES string of the molecule is CNC(c1ccc(C)c(Cl)c1)c1ccc(C(C)(C)C)s1. The van der Waals surface area contributed by atoms with Crippen LogP contribution in [0.1, 0.15) is 47.7 Å². The van der Waals surface area contributed by atoms with Gasteiger partial charge in [-0.15, -0.1) is 11.3 Å². The van der Waals surface area contributed by atoms with E-state index in [4.69, 9.17) is 11.6 Å². The van der Waals surface area contributed by atoms with Crippen LogP contribution in [-0.2, 0) is 5.41 Å². The Morgan fingerprint density at radius 2 is 1.85 bits per heavy atom. The van der Waals surface area contributed by atoms with Gasteiger partial charge in [0, 0.05) is 14.8 Å². The number of thiophene rings is 1. The van der Waals surface area contributed by atoms with Crippen molar-refractivity contribution in [2.24, 2.45) is 0 Å². The number of nitrogens with one attached hydrogen (secondary N) is 1. The summed E-state index contributed by atoms with van der Waals surface area (Å²) >= 11 is 8.13. The number of hydrogen-bond acceptors (Lipinski definition) is 2. The van der Waals surface area contributed by atoms with E-state index in [2.05, 4.69) is 56.4 Å². The molecule has 0 bridgehead atoms. The third-order valence-corrected chi connectivity index (χ3v) is 5.45. The van der Waals surface area contributed by atoms with Crippen molar-refractivity contribution in [2.75, 3.05) is 7.05 Å². The summed E-state index contributed by atoms with van der Waals surface area (Å²) in [7, 11) is 1.99. The van der Waals surface area contributed by atoms with Crippen molar-refractivity contribution < 1.29 is 0 Å². The minimum absolute atomic E-state index is 0.201. The normalized spacial score (nSPS) is 13.5. The van der Waals surface area contributed by atoms with E-state index in [0.717, 1.165) is 10.6 Å². The van der Waals surface area contributed by atoms with Gasteiger partial charge in [-0.1, -0.05) is 44.5 Å². The highest BCUT2D eigenvalue weighted by Gasteiger charge is 2.20. The van der Waals surface area contributed by atoms with E-state index in [-0.39, 0.29) is 11.5 Å². The van der Waals surface area contributed by atoms with Crippen molar-refractivity contribution in [1.29, 1.82) is 0 Å². The zero-order chi connectivity index (χ0) is 14.9. The van der Waals surface area contributed by atoms with Crippen LogP contribution >= 0.6 is 22.9 Å². The summed E-state index contributed by atoms with van der Waals surface area (Å²) in [4.78, 5) is 2.74. The van der Waals surface area contributed by atoms with Crippen molar-refractivity contribution in [3.63, 3.8) is 0 Å². The van der Waals surface area contributed by atoms with E-state index in [1.54, 1.807) is 0 Å². The second-order valence-corrected chi connectivity index (χ2v) is 7.70. The second-order valence-electron chi connectivity index (χ2n) is 6.18. The molecule has 1 atom stereocenters. The quantitative estimate of drug-likeness (QED) is 0.809. The van der Waals surface area contributed by atoms with Crippen LogP contribution in [0.25, 0.3) is 0 Å². The van der Waals surface area contributed by atoms with Gasteiger partial charge in [-0.2, -0.15) is 0 Å². The van der Waals surface area contributed by atoms with Crippen molar-refractivity contribution in [3.05, 3.63) is 56.2 Å². The molecule has 1 nitrogen and oxygen atoms in total. The molecule has 0 aliphatic heterocycles. The zero-order valence-electron chi connectivity index (χ0n) is 12.8. The van der Waals surface area contributed by atoms with Crippen LogP contribution in [0, 0.1) is 6.92 Å². The lowest BCUT2D eigenvalue weighted by molar-refractivity contribution is 0.604. The summed E-state index contributed by atoms with van der Waals surface area (Å²) in [6, 6.07) is 11.0. The molecule has 0 radical (unpaired) electrons. The lowest BCUT2D eigenvalue weighted by atomic mass is 9.95. The smallest absolute Gasteiger partial charge is 0.0669 e. The molecule has 20 heavy (non-hydrogen) atoms. The minimum Gasteiger partial charge on any atom is -0.309 e. The first-order valence-electron chi connectivity index (χ1n) is 6.86. The van der Waals surface area contributed by atoms with Gasteiger partial charge in [-0.25, -0.2) is 0 Å². The van der Waals surface area contributed by atoms with Crippen molar-refractivity contribution in [2.45, 2.75) is 39.2 Å². The average Bonchev–Trinajstić information content (AvgIpc) is 2.84. The van der Waals surface area contributed by atoms with Gasteiger partial charge in [0.05, 0.1) is 6.04 Å². The summed E-state index contributed by atoms with van der Waals surface area (Å²) in [5.74, 6) is 0. The maximum Gasteiger partial charge on any atom is 0.0669 e. The molecule has 1 unspecified atom stereocenters. The first-order chi connectivity index (χ1) is 9.32. The summed E-state index contributed by atoms with van der Waals surface area (Å²) in [6.07, 6.45) is 0. The number of hydrogen-bond donors (Lipinski definition) is 1. The van der Waals surface area contributed by atoms with Crippen LogP contribution in [0.4, 0.5) is 0 Å². The van der Waals surface area contributed by atoms with Crippen LogP contribution < -0.4 is 5.32 Å². The molecule has 3 heteroatoms. The first-order valence-corrected chi connectivity index (χ1v) is 8.06. The molecule has 108 valence electrons. The van der Waals surface area contributed by atoms with E-state index < -0.39 is 0 Å². The van der Waals surface area contributed by atoms with Gasteiger partial charge in [0.1, 0.15) is 0 Å². The van der Waals surface area contributed by atoms with Crippen LogP contribution in [0.15, 0.2) is 30.3 Å². The number of halogens is 1. The predicted octanol–water partition coefficient (Wildman–Crippen LogP) is 5.32. The molecule has 1 aromatic heterocycles. The molecule has 0 aliphatic rings. The molecule has 1 aromatic carbocycles. The van der Waals surface area contributed by atoms with Crippen molar-refractivity contribution in [3.8, 4) is 0 Å². The number of aryl methyl sites for hydroxylation is 1. The summed E-state index contributed by atoms with van der Waals surface area (Å²) in [6.45, 7) is 8.78. The molecule has 2 aromatic rings. The lowest BCUT2D eigenvalue weighted by Gasteiger charge is -2.18. The van der Waals surface area contributed by atoms with E-state index >= 15 is 0 Å². The van der Waals surface area contributed by atoms with E-state index in [0.29, 0.717) is 0 Å². The Labute approximate surface area is 131 Å². The predicted molar refractivity (Wildman–Crippen MR) is 90.1 cm³/mol. The standard InChI is InChI=1S/C17H22ClNS/c1-11-6-7-12(10-13(11)18)16(19-5)14-8-9-15(20-14)17(2,3)4/h6-10,16,19H,1-5H3. The minimum atomic E-state index is 0.201. The third kappa shape index (κ3) is 3.25. The van der Waals surface area contributed by atoms with E-state index in [9.17, 15) is 0 Å². The van der Waals surface area contributed by atoms with Crippen LogP contribution in [0.5, 0.6) is 0 Å². The molecule has 0 amide bonds. The zero-order valence-corrected chi connectivity index (χ0v) is 14.3. The summed E-state index contributed by atoms with van der Waals surface area (Å²) < 4.78 is 0. The van der Waals surface area contributed by atoms with Gasteiger partial charge >= 0.3 is 0 Å². The molecule has 1 heterocycles. The Kier molecular flexibility index (Phi) is 4.58. The van der Waals surface area contributed by atoms with Gasteiger partial charge in [-0.05, 0) is 48.7 Å². The van der Waals surface area contributed by atoms with Crippen molar-refractivity contribution in [1.82, 2.24) is 5.32 Å². The van der Waals surface area contributed by atoms with Crippen LogP contribution in [0.2, 0.25) is 5.02 Å². The van der Waals surface area contributed by atoms with Gasteiger partial charge in [0.25, 0.3) is 0 Å². The maximum absolute atomic E-state index is 6.26. The number of rotatable bonds is 3. The molecule has 2 rings (SSSR count). The molecule has 0 aliphatic carbocycles. The average molecular weight is 308 g/mol. The van der Waals surface area contributed by atoms with E-state index in [1.165, 1.54) is 15.3 Å². The number of benzene rings is 1. The molecular weight excluding hydrogens is 286 g/mol. The third-order valence-electron chi connectivity index (χ3n) is 3.47. The fourth-order valence-electron chi connectivity index (χ4n) is 2.17. The molecule has 0 saturated carbocycles. The molecular formula is C17H22ClNS. The summed E-state index contributed by atoms with van der Waals surface area (Å²) in [5, 5.41) is 4.23. The Hall–Kier alpha value is -0.830. The highest BCUT2D eigenvalue weighted by molar-refractivity contribution is 7.12. The van der Waals surface area contributed by atoms with Crippen molar-refractivity contribution >= 4 is 22.9 Å². The van der Waals surface area contributed by atoms with Crippen LogP contribution in [-0.4, -0.2) is 7.05 Å². The Morgan fingerprint density at radius 1 is 1.15 bits per heavy atom. The van der Waals surface area contributed by atoms with Gasteiger partial charge in [0.15, 0.2) is 0 Å². The topological polar surface area (TPSA) is 12.0 Å². The van der Waals surface area contributed by atoms with Gasteiger partial charge < -0.3 is 5.32 Å². The largest absolute Gasteiger partial charge is 0.309 e. The Morgan fingerprint density at radius 3 is 2.35 bits per heavy atom. The molecule has 0 fully saturated rings. The first kappa shape index (κ1) is 15.6. The Balaban J connectivity index is 2.37. The fraction of sp³-hybridized carbons (Fsp3) is 0.412. The summed E-state index contributed by atoms with van der Waals surface area (Å²) in [5.41, 5.74) is 2.53. The maximum atomic E-state index is 6.26. The van der Waals surface area contributed by atoms with Crippen LogP contribution in [0.3, 0.4) is 0 Å². The Bertz CT molecular complexity index is 595. The second kappa shape index (κ2) is 5.88. The highest BCUT2D eigenvalue weighted by Crippen LogP contribution is 2.35. The highest BCUT2D eigenvalue weighted by atomic mass is 35.5. The molecule has 0 spiro atoms.